The fourth-order valence-electron chi connectivity index (χ4n) is 6.58. The number of nitrogens with zero attached hydrogens (tertiary/aromatic N) is 4. The fourth-order valence-corrected chi connectivity index (χ4v) is 7.83. The summed E-state index contributed by atoms with van der Waals surface area (Å²) in [5.41, 5.74) is 5.27. The number of aryl methyl sites for hydroxylation is 2. The second kappa shape index (κ2) is 10.5. The first-order valence-electron chi connectivity index (χ1n) is 14.9. The van der Waals surface area contributed by atoms with E-state index in [1.54, 1.807) is 11.3 Å². The number of carboxylic acids is 1. The van der Waals surface area contributed by atoms with Gasteiger partial charge in [-0.1, -0.05) is 23.7 Å². The summed E-state index contributed by atoms with van der Waals surface area (Å²) in [5.74, 6) is -0.0668. The third-order valence-corrected chi connectivity index (χ3v) is 9.93. The van der Waals surface area contributed by atoms with E-state index in [1.807, 2.05) is 69.8 Å². The van der Waals surface area contributed by atoms with E-state index in [0.717, 1.165) is 86.7 Å². The van der Waals surface area contributed by atoms with E-state index in [2.05, 4.69) is 23.1 Å². The van der Waals surface area contributed by atoms with Crippen LogP contribution in [-0.4, -0.2) is 56.7 Å². The Morgan fingerprint density at radius 1 is 1.14 bits per heavy atom. The number of hydrogen-bond acceptors (Lipinski definition) is 7. The summed E-state index contributed by atoms with van der Waals surface area (Å²) in [6, 6.07) is 15.8. The number of ether oxygens (including phenoxy) is 2. The number of hydrogen-bond donors (Lipinski definition) is 1. The molecule has 3 aromatic carbocycles. The summed E-state index contributed by atoms with van der Waals surface area (Å²) in [7, 11) is 1.98. The molecular weight excluding hydrogens is 596 g/mol. The fraction of sp³-hybridized carbons (Fsp3) is 0.382. The Kier molecular flexibility index (Phi) is 7.01. The Morgan fingerprint density at radius 3 is 2.52 bits per heavy atom. The third kappa shape index (κ3) is 5.05. The van der Waals surface area contributed by atoms with Gasteiger partial charge in [0.25, 0.3) is 0 Å². The van der Waals surface area contributed by atoms with Crippen molar-refractivity contribution in [2.24, 2.45) is 7.05 Å². The molecule has 2 fully saturated rings. The van der Waals surface area contributed by atoms with Crippen LogP contribution in [0, 0.1) is 6.92 Å². The van der Waals surface area contributed by atoms with E-state index in [4.69, 9.17) is 31.2 Å². The molecule has 0 radical (unpaired) electrons. The minimum absolute atomic E-state index is 0.0212. The van der Waals surface area contributed by atoms with Crippen LogP contribution in [0.25, 0.3) is 42.8 Å². The van der Waals surface area contributed by atoms with Crippen LogP contribution in [-0.2, 0) is 21.3 Å². The highest BCUT2D eigenvalue weighted by Gasteiger charge is 2.47. The molecule has 7 rings (SSSR count). The second-order valence-electron chi connectivity index (χ2n) is 13.0. The lowest BCUT2D eigenvalue weighted by Gasteiger charge is -2.47. The van der Waals surface area contributed by atoms with E-state index in [-0.39, 0.29) is 5.60 Å². The summed E-state index contributed by atoms with van der Waals surface area (Å²) < 4.78 is 15.1. The van der Waals surface area contributed by atoms with Crippen LogP contribution >= 0.6 is 22.9 Å². The molecule has 0 aliphatic carbocycles. The van der Waals surface area contributed by atoms with Crippen molar-refractivity contribution in [2.75, 3.05) is 24.6 Å². The average molecular weight is 631 g/mol. The predicted octanol–water partition coefficient (Wildman–Crippen LogP) is 7.79. The molecule has 2 aromatic heterocycles. The van der Waals surface area contributed by atoms with E-state index >= 15 is 0 Å². The number of benzene rings is 3. The molecule has 0 bridgehead atoms. The summed E-state index contributed by atoms with van der Waals surface area (Å²) >= 11 is 7.82. The molecule has 1 atom stereocenters. The van der Waals surface area contributed by atoms with Crippen LogP contribution in [0.1, 0.15) is 50.8 Å². The average Bonchev–Trinajstić information content (AvgIpc) is 3.68. The molecule has 0 amide bonds. The minimum atomic E-state index is -1.16. The molecule has 2 aliphatic heterocycles. The lowest BCUT2D eigenvalue weighted by molar-refractivity contribution is -0.160. The van der Waals surface area contributed by atoms with E-state index in [0.29, 0.717) is 10.6 Å². The van der Waals surface area contributed by atoms with Crippen molar-refractivity contribution in [3.05, 3.63) is 64.7 Å². The lowest BCUT2D eigenvalue weighted by Crippen LogP contribution is -2.61. The van der Waals surface area contributed by atoms with Crippen LogP contribution in [0.15, 0.2) is 48.5 Å². The van der Waals surface area contributed by atoms with Crippen molar-refractivity contribution in [3.63, 3.8) is 0 Å². The molecule has 228 valence electrons. The maximum Gasteiger partial charge on any atom is 0.337 e. The van der Waals surface area contributed by atoms with Crippen molar-refractivity contribution in [2.45, 2.75) is 57.8 Å². The van der Waals surface area contributed by atoms with Crippen molar-refractivity contribution in [1.82, 2.24) is 14.8 Å². The van der Waals surface area contributed by atoms with Crippen LogP contribution in [0.5, 0.6) is 0 Å². The highest BCUT2D eigenvalue weighted by Crippen LogP contribution is 2.45. The van der Waals surface area contributed by atoms with Gasteiger partial charge in [0.1, 0.15) is 10.6 Å². The van der Waals surface area contributed by atoms with Gasteiger partial charge in [0, 0.05) is 40.8 Å². The van der Waals surface area contributed by atoms with Crippen LogP contribution < -0.4 is 4.90 Å². The highest BCUT2D eigenvalue weighted by atomic mass is 35.5. The molecule has 2 saturated heterocycles. The monoisotopic (exact) mass is 630 g/mol. The smallest absolute Gasteiger partial charge is 0.337 e. The van der Waals surface area contributed by atoms with Crippen molar-refractivity contribution in [3.8, 4) is 21.7 Å². The van der Waals surface area contributed by atoms with Gasteiger partial charge in [0.05, 0.1) is 34.4 Å². The Bertz CT molecular complexity index is 1910. The minimum Gasteiger partial charge on any atom is -0.479 e. The molecule has 4 heterocycles. The number of anilines is 1. The number of aromatic nitrogens is 3. The summed E-state index contributed by atoms with van der Waals surface area (Å²) in [6.07, 6.45) is 1.06. The highest BCUT2D eigenvalue weighted by molar-refractivity contribution is 7.22. The lowest BCUT2D eigenvalue weighted by atomic mass is 9.91. The molecule has 8 nitrogen and oxygen atoms in total. The molecule has 10 heteroatoms. The Hall–Kier alpha value is -3.50. The zero-order valence-electron chi connectivity index (χ0n) is 25.5. The number of thiazole rings is 1. The standard InChI is InChI=1S/C34H35ClN4O4S/c1-19-15-24-29(27(20-7-10-22(35)11-8-20)26(19)28(32(40)41)43-33(2,3)4)44-31(36-24)21-9-12-25-23(16-21)30(37-38(25)5)39-17-34(18-39)13-6-14-42-34/h7-12,15-16,28H,6,13-14,17-18H2,1-5H3,(H,40,41)/t28-/m0/s1. The first-order valence-corrected chi connectivity index (χ1v) is 16.1. The molecule has 0 saturated carbocycles. The maximum atomic E-state index is 12.7. The number of fused-ring (bicyclic) bond motifs is 2. The van der Waals surface area contributed by atoms with E-state index < -0.39 is 17.7 Å². The van der Waals surface area contributed by atoms with Crippen molar-refractivity contribution in [1.29, 1.82) is 0 Å². The number of rotatable bonds is 6. The number of carboxylic acid groups (broad SMARTS) is 1. The number of carbonyl (C=O) groups is 1. The Labute approximate surface area is 265 Å². The molecular formula is C34H35ClN4O4S. The quantitative estimate of drug-likeness (QED) is 0.205. The Morgan fingerprint density at radius 2 is 1.86 bits per heavy atom. The molecule has 44 heavy (non-hydrogen) atoms. The van der Waals surface area contributed by atoms with Gasteiger partial charge in [-0.05, 0) is 88.1 Å². The molecule has 2 aliphatic rings. The zero-order valence-corrected chi connectivity index (χ0v) is 27.1. The SMILES string of the molecule is Cc1cc2nc(-c3ccc4c(c3)c(N3CC5(CCCO5)C3)nn4C)sc2c(-c2ccc(Cl)cc2)c1[C@H](OC(C)(C)C)C(=O)O. The normalized spacial score (nSPS) is 17.1. The van der Waals surface area contributed by atoms with Gasteiger partial charge in [-0.3, -0.25) is 4.68 Å². The van der Waals surface area contributed by atoms with Crippen LogP contribution in [0.4, 0.5) is 5.82 Å². The Balaban J connectivity index is 1.37. The number of aliphatic carboxylic acids is 1. The van der Waals surface area contributed by atoms with Crippen molar-refractivity contribution < 1.29 is 19.4 Å². The molecule has 1 N–H and O–H groups in total. The molecule has 1 spiro atoms. The number of halogens is 1. The van der Waals surface area contributed by atoms with Gasteiger partial charge in [0.15, 0.2) is 11.9 Å². The van der Waals surface area contributed by atoms with Gasteiger partial charge in [-0.2, -0.15) is 5.10 Å². The van der Waals surface area contributed by atoms with Crippen LogP contribution in [0.3, 0.4) is 0 Å². The predicted molar refractivity (Wildman–Crippen MR) is 176 cm³/mol. The van der Waals surface area contributed by atoms with Gasteiger partial charge >= 0.3 is 5.97 Å². The van der Waals surface area contributed by atoms with Gasteiger partial charge in [-0.15, -0.1) is 11.3 Å². The maximum absolute atomic E-state index is 12.7. The summed E-state index contributed by atoms with van der Waals surface area (Å²) in [5, 5.41) is 17.8. The van der Waals surface area contributed by atoms with Crippen LogP contribution in [0.2, 0.25) is 5.02 Å². The first-order chi connectivity index (χ1) is 20.9. The summed E-state index contributed by atoms with van der Waals surface area (Å²) in [6.45, 7) is 10.1. The van der Waals surface area contributed by atoms with Crippen molar-refractivity contribution >= 4 is 55.8 Å². The first kappa shape index (κ1) is 29.2. The molecule has 5 aromatic rings. The largest absolute Gasteiger partial charge is 0.479 e. The molecule has 0 unspecified atom stereocenters. The summed E-state index contributed by atoms with van der Waals surface area (Å²) in [4.78, 5) is 20.1. The third-order valence-electron chi connectivity index (χ3n) is 8.54. The van der Waals surface area contributed by atoms with Gasteiger partial charge in [-0.25, -0.2) is 9.78 Å². The second-order valence-corrected chi connectivity index (χ2v) is 14.4. The topological polar surface area (TPSA) is 89.7 Å². The zero-order chi connectivity index (χ0) is 31.0. The van der Waals surface area contributed by atoms with E-state index in [1.165, 1.54) is 0 Å². The van der Waals surface area contributed by atoms with Gasteiger partial charge < -0.3 is 19.5 Å². The van der Waals surface area contributed by atoms with Gasteiger partial charge in [0.2, 0.25) is 0 Å². The van der Waals surface area contributed by atoms with E-state index in [9.17, 15) is 9.90 Å².